The van der Waals surface area contributed by atoms with Gasteiger partial charge in [-0.05, 0) is 49.2 Å². The number of thioether (sulfide) groups is 1. The smallest absolute Gasteiger partial charge is 0.233 e. The van der Waals surface area contributed by atoms with Crippen LogP contribution in [0.1, 0.15) is 18.1 Å². The Hall–Kier alpha value is -2.78. The summed E-state index contributed by atoms with van der Waals surface area (Å²) in [5.41, 5.74) is 3.09. The minimum atomic E-state index is -0.288. The second-order valence-corrected chi connectivity index (χ2v) is 9.10. The number of fused-ring (bicyclic) bond motifs is 1. The van der Waals surface area contributed by atoms with Gasteiger partial charge in [0.2, 0.25) is 17.8 Å². The molecule has 2 heterocycles. The highest BCUT2D eigenvalue weighted by Crippen LogP contribution is 2.33. The third-order valence-corrected chi connectivity index (χ3v) is 6.25. The lowest BCUT2D eigenvalue weighted by Crippen LogP contribution is -2.30. The number of nitrogens with one attached hydrogen (secondary N) is 2. The molecule has 1 amide bonds. The van der Waals surface area contributed by atoms with E-state index in [1.807, 2.05) is 56.3 Å². The lowest BCUT2D eigenvalue weighted by Gasteiger charge is -2.10. The molecule has 150 valence electrons. The normalized spacial score (nSPS) is 13.2. The third-order valence-electron chi connectivity index (χ3n) is 4.23. The van der Waals surface area contributed by atoms with Crippen molar-refractivity contribution >= 4 is 39.8 Å². The summed E-state index contributed by atoms with van der Waals surface area (Å²) in [5.74, 6) is 1.38. The maximum Gasteiger partial charge on any atom is 0.233 e. The molecule has 1 aliphatic rings. The zero-order valence-electron chi connectivity index (χ0n) is 16.0. The highest BCUT2D eigenvalue weighted by molar-refractivity contribution is 8.02. The van der Waals surface area contributed by atoms with Crippen molar-refractivity contribution < 1.29 is 14.3 Å². The van der Waals surface area contributed by atoms with Crippen molar-refractivity contribution in [2.75, 3.05) is 12.1 Å². The Morgan fingerprint density at radius 2 is 2.07 bits per heavy atom. The molecule has 0 saturated heterocycles. The number of anilines is 2. The Balaban J connectivity index is 1.29. The van der Waals surface area contributed by atoms with E-state index in [9.17, 15) is 4.79 Å². The maximum atomic E-state index is 12.4. The largest absolute Gasteiger partial charge is 0.454 e. The molecule has 0 saturated carbocycles. The number of aromatic nitrogens is 2. The predicted molar refractivity (Wildman–Crippen MR) is 114 cm³/mol. The van der Waals surface area contributed by atoms with Crippen LogP contribution in [0.25, 0.3) is 0 Å². The van der Waals surface area contributed by atoms with Crippen LogP contribution in [0, 0.1) is 6.92 Å². The molecule has 0 bridgehead atoms. The fraction of sp³-hybridized carbons (Fsp3) is 0.250. The molecule has 0 fully saturated rings. The van der Waals surface area contributed by atoms with Gasteiger partial charge < -0.3 is 20.1 Å². The lowest BCUT2D eigenvalue weighted by atomic mass is 10.2. The standard InChI is InChI=1S/C20H20N4O3S2/c1-12-4-3-5-15(8-12)22-19-23-24-20(29-19)28-13(2)18(25)21-10-14-6-7-16-17(9-14)27-11-26-16/h3-9,13H,10-11H2,1-2H3,(H,21,25)(H,22,23). The Morgan fingerprint density at radius 3 is 2.93 bits per heavy atom. The van der Waals surface area contributed by atoms with E-state index in [2.05, 4.69) is 20.8 Å². The molecule has 1 aliphatic heterocycles. The van der Waals surface area contributed by atoms with Crippen molar-refractivity contribution in [3.8, 4) is 11.5 Å². The number of nitrogens with zero attached hydrogens (tertiary/aromatic N) is 2. The molecule has 4 rings (SSSR count). The van der Waals surface area contributed by atoms with Crippen molar-refractivity contribution in [2.45, 2.75) is 30.0 Å². The van der Waals surface area contributed by atoms with E-state index >= 15 is 0 Å². The number of carbonyl (C=O) groups excluding carboxylic acids is 1. The second kappa shape index (κ2) is 8.71. The van der Waals surface area contributed by atoms with Crippen LogP contribution in [0.5, 0.6) is 11.5 Å². The molecule has 1 unspecified atom stereocenters. The van der Waals surface area contributed by atoms with Gasteiger partial charge in [-0.15, -0.1) is 10.2 Å². The van der Waals surface area contributed by atoms with E-state index in [1.165, 1.54) is 28.7 Å². The van der Waals surface area contributed by atoms with Gasteiger partial charge in [-0.25, -0.2) is 0 Å². The van der Waals surface area contributed by atoms with E-state index < -0.39 is 0 Å². The molecule has 0 radical (unpaired) electrons. The number of amides is 1. The van der Waals surface area contributed by atoms with Gasteiger partial charge in [-0.3, -0.25) is 4.79 Å². The number of benzene rings is 2. The van der Waals surface area contributed by atoms with Gasteiger partial charge in [0.05, 0.1) is 5.25 Å². The zero-order chi connectivity index (χ0) is 20.2. The topological polar surface area (TPSA) is 85.4 Å². The number of hydrogen-bond acceptors (Lipinski definition) is 8. The minimum Gasteiger partial charge on any atom is -0.454 e. The summed E-state index contributed by atoms with van der Waals surface area (Å²) in [6, 6.07) is 13.7. The number of aryl methyl sites for hydroxylation is 1. The second-order valence-electron chi connectivity index (χ2n) is 6.53. The molecule has 1 atom stereocenters. The van der Waals surface area contributed by atoms with Crippen LogP contribution in [0.2, 0.25) is 0 Å². The average molecular weight is 429 g/mol. The summed E-state index contributed by atoms with van der Waals surface area (Å²) >= 11 is 2.82. The fourth-order valence-electron chi connectivity index (χ4n) is 2.74. The first-order chi connectivity index (χ1) is 14.1. The van der Waals surface area contributed by atoms with Gasteiger partial charge in [-0.1, -0.05) is 41.3 Å². The summed E-state index contributed by atoms with van der Waals surface area (Å²) in [5, 5.41) is 14.9. The maximum absolute atomic E-state index is 12.4. The van der Waals surface area contributed by atoms with Gasteiger partial charge in [0, 0.05) is 12.2 Å². The highest BCUT2D eigenvalue weighted by Gasteiger charge is 2.18. The fourth-order valence-corrected chi connectivity index (χ4v) is 4.68. The van der Waals surface area contributed by atoms with E-state index in [1.54, 1.807) is 0 Å². The number of hydrogen-bond donors (Lipinski definition) is 2. The molecule has 2 N–H and O–H groups in total. The lowest BCUT2D eigenvalue weighted by molar-refractivity contribution is -0.120. The SMILES string of the molecule is Cc1cccc(Nc2nnc(SC(C)C(=O)NCc3ccc4c(c3)OCO4)s2)c1. The van der Waals surface area contributed by atoms with Crippen molar-refractivity contribution in [3.63, 3.8) is 0 Å². The minimum absolute atomic E-state index is 0.0592. The molecule has 29 heavy (non-hydrogen) atoms. The van der Waals surface area contributed by atoms with Crippen LogP contribution < -0.4 is 20.1 Å². The Labute approximate surface area is 176 Å². The average Bonchev–Trinajstić information content (AvgIpc) is 3.34. The summed E-state index contributed by atoms with van der Waals surface area (Å²) in [6.07, 6.45) is 0. The van der Waals surface area contributed by atoms with Crippen LogP contribution >= 0.6 is 23.1 Å². The highest BCUT2D eigenvalue weighted by atomic mass is 32.2. The van der Waals surface area contributed by atoms with E-state index in [0.717, 1.165) is 21.3 Å². The summed E-state index contributed by atoms with van der Waals surface area (Å²) in [6.45, 7) is 4.56. The molecule has 3 aromatic rings. The predicted octanol–water partition coefficient (Wildman–Crippen LogP) is 4.12. The van der Waals surface area contributed by atoms with Crippen molar-refractivity contribution in [1.29, 1.82) is 0 Å². The van der Waals surface area contributed by atoms with Gasteiger partial charge in [-0.2, -0.15) is 0 Å². The van der Waals surface area contributed by atoms with Crippen molar-refractivity contribution in [3.05, 3.63) is 53.6 Å². The quantitative estimate of drug-likeness (QED) is 0.548. The first-order valence-electron chi connectivity index (χ1n) is 9.07. The molecule has 0 aliphatic carbocycles. The van der Waals surface area contributed by atoms with Crippen molar-refractivity contribution in [1.82, 2.24) is 15.5 Å². The molecular formula is C20H20N4O3S2. The zero-order valence-corrected chi connectivity index (χ0v) is 17.6. The molecule has 7 nitrogen and oxygen atoms in total. The summed E-state index contributed by atoms with van der Waals surface area (Å²) in [7, 11) is 0. The Bertz CT molecular complexity index is 1020. The van der Waals surface area contributed by atoms with Crippen LogP contribution in [-0.4, -0.2) is 28.1 Å². The van der Waals surface area contributed by atoms with Crippen LogP contribution in [0.15, 0.2) is 46.8 Å². The molecule has 1 aromatic heterocycles. The van der Waals surface area contributed by atoms with Crippen LogP contribution in [0.4, 0.5) is 10.8 Å². The van der Waals surface area contributed by atoms with Crippen LogP contribution in [0.3, 0.4) is 0 Å². The molecule has 9 heteroatoms. The summed E-state index contributed by atoms with van der Waals surface area (Å²) in [4.78, 5) is 12.4. The first kappa shape index (κ1) is 19.5. The molecule has 0 spiro atoms. The van der Waals surface area contributed by atoms with Gasteiger partial charge in [0.25, 0.3) is 0 Å². The Morgan fingerprint density at radius 1 is 1.21 bits per heavy atom. The van der Waals surface area contributed by atoms with Crippen LogP contribution in [-0.2, 0) is 11.3 Å². The van der Waals surface area contributed by atoms with E-state index in [0.29, 0.717) is 17.4 Å². The van der Waals surface area contributed by atoms with Crippen molar-refractivity contribution in [2.24, 2.45) is 0 Å². The van der Waals surface area contributed by atoms with Gasteiger partial charge >= 0.3 is 0 Å². The first-order valence-corrected chi connectivity index (χ1v) is 10.8. The Kier molecular flexibility index (Phi) is 5.86. The van der Waals surface area contributed by atoms with Gasteiger partial charge in [0.1, 0.15) is 0 Å². The molecular weight excluding hydrogens is 408 g/mol. The summed E-state index contributed by atoms with van der Waals surface area (Å²) < 4.78 is 11.4. The van der Waals surface area contributed by atoms with E-state index in [4.69, 9.17) is 9.47 Å². The number of rotatable bonds is 7. The number of ether oxygens (including phenoxy) is 2. The van der Waals surface area contributed by atoms with E-state index in [-0.39, 0.29) is 18.0 Å². The monoisotopic (exact) mass is 428 g/mol. The number of carbonyl (C=O) groups is 1. The molecule has 2 aromatic carbocycles. The third kappa shape index (κ3) is 4.99. The van der Waals surface area contributed by atoms with Gasteiger partial charge in [0.15, 0.2) is 15.8 Å².